The summed E-state index contributed by atoms with van der Waals surface area (Å²) in [5, 5.41) is 13.2. The number of rotatable bonds is 9. The minimum atomic E-state index is -0.518. The lowest BCUT2D eigenvalue weighted by Gasteiger charge is -2.20. The van der Waals surface area contributed by atoms with Crippen LogP contribution in [0.2, 0.25) is 0 Å². The molecule has 8 heteroatoms. The number of hydrogen-bond acceptors (Lipinski definition) is 6. The molecule has 1 aromatic heterocycles. The second-order valence-electron chi connectivity index (χ2n) is 6.68. The van der Waals surface area contributed by atoms with Crippen molar-refractivity contribution in [3.8, 4) is 6.07 Å². The highest BCUT2D eigenvalue weighted by Crippen LogP contribution is 2.14. The van der Waals surface area contributed by atoms with Gasteiger partial charge >= 0.3 is 0 Å². The fourth-order valence-corrected chi connectivity index (χ4v) is 3.14. The predicted octanol–water partition coefficient (Wildman–Crippen LogP) is 2.17. The van der Waals surface area contributed by atoms with Crippen LogP contribution in [-0.2, 0) is 22.7 Å². The molecule has 8 nitrogen and oxygen atoms in total. The number of aryl methyl sites for hydroxylation is 1. The lowest BCUT2D eigenvalue weighted by molar-refractivity contribution is -0.121. The molecule has 0 unspecified atom stereocenters. The van der Waals surface area contributed by atoms with Gasteiger partial charge in [-0.1, -0.05) is 12.1 Å². The molecule has 0 aliphatic heterocycles. The maximum absolute atomic E-state index is 12.5. The molecule has 0 aliphatic carbocycles. The van der Waals surface area contributed by atoms with Crippen LogP contribution in [0.3, 0.4) is 0 Å². The number of pyridine rings is 1. The van der Waals surface area contributed by atoms with Gasteiger partial charge in [0.25, 0.3) is 11.5 Å². The number of benzene rings is 1. The summed E-state index contributed by atoms with van der Waals surface area (Å²) in [6.45, 7) is 7.69. The van der Waals surface area contributed by atoms with Crippen molar-refractivity contribution in [1.82, 2.24) is 9.99 Å². The second-order valence-corrected chi connectivity index (χ2v) is 6.68. The summed E-state index contributed by atoms with van der Waals surface area (Å²) >= 11 is 0. The third-order valence-electron chi connectivity index (χ3n) is 4.73. The predicted molar refractivity (Wildman–Crippen MR) is 117 cm³/mol. The van der Waals surface area contributed by atoms with Crippen molar-refractivity contribution in [3.63, 3.8) is 0 Å². The number of hydrogen-bond donors (Lipinski definition) is 1. The lowest BCUT2D eigenvalue weighted by Crippen LogP contribution is -2.33. The van der Waals surface area contributed by atoms with Crippen molar-refractivity contribution in [2.45, 2.75) is 33.9 Å². The van der Waals surface area contributed by atoms with E-state index < -0.39 is 11.5 Å². The highest BCUT2D eigenvalue weighted by molar-refractivity contribution is 5.82. The molecule has 1 aromatic carbocycles. The lowest BCUT2D eigenvalue weighted by atomic mass is 10.1. The monoisotopic (exact) mass is 409 g/mol. The standard InChI is InChI=1S/C22H27N5O3/c1-5-26(6-2)19-9-7-17(8-10-19)13-24-25-21(28)14-27-16(3)11-18(15-30-4)20(12-23)22(27)29/h7-11,13H,5-6,14-15H2,1-4H3,(H,25,28). The highest BCUT2D eigenvalue weighted by Gasteiger charge is 2.14. The van der Waals surface area contributed by atoms with E-state index in [4.69, 9.17) is 4.74 Å². The van der Waals surface area contributed by atoms with E-state index in [0.717, 1.165) is 24.3 Å². The van der Waals surface area contributed by atoms with E-state index in [-0.39, 0.29) is 18.7 Å². The van der Waals surface area contributed by atoms with Crippen LogP contribution in [0.5, 0.6) is 0 Å². The summed E-state index contributed by atoms with van der Waals surface area (Å²) in [5.74, 6) is -0.459. The molecule has 1 amide bonds. The van der Waals surface area contributed by atoms with Crippen molar-refractivity contribution in [1.29, 1.82) is 5.26 Å². The van der Waals surface area contributed by atoms with Gasteiger partial charge in [0, 0.05) is 37.1 Å². The van der Waals surface area contributed by atoms with E-state index in [2.05, 4.69) is 29.3 Å². The summed E-state index contributed by atoms with van der Waals surface area (Å²) < 4.78 is 6.28. The smallest absolute Gasteiger partial charge is 0.269 e. The average molecular weight is 409 g/mol. The molecule has 1 heterocycles. The van der Waals surface area contributed by atoms with Crippen LogP contribution in [0, 0.1) is 18.3 Å². The third-order valence-corrected chi connectivity index (χ3v) is 4.73. The molecule has 0 fully saturated rings. The van der Waals surface area contributed by atoms with Crippen molar-refractivity contribution in [2.75, 3.05) is 25.1 Å². The Labute approximate surface area is 176 Å². The molecule has 0 spiro atoms. The van der Waals surface area contributed by atoms with Gasteiger partial charge in [-0.2, -0.15) is 10.4 Å². The zero-order valence-corrected chi connectivity index (χ0v) is 17.8. The van der Waals surface area contributed by atoms with Crippen molar-refractivity contribution < 1.29 is 9.53 Å². The summed E-state index contributed by atoms with van der Waals surface area (Å²) in [5.41, 5.74) is 4.93. The highest BCUT2D eigenvalue weighted by atomic mass is 16.5. The molecule has 2 aromatic rings. The van der Waals surface area contributed by atoms with Crippen LogP contribution < -0.4 is 15.9 Å². The molecule has 0 saturated heterocycles. The van der Waals surface area contributed by atoms with Gasteiger partial charge in [0.15, 0.2) is 0 Å². The Morgan fingerprint density at radius 3 is 2.53 bits per heavy atom. The Morgan fingerprint density at radius 2 is 1.97 bits per heavy atom. The maximum Gasteiger partial charge on any atom is 0.269 e. The van der Waals surface area contributed by atoms with Gasteiger partial charge in [-0.3, -0.25) is 9.59 Å². The van der Waals surface area contributed by atoms with E-state index in [1.54, 1.807) is 19.2 Å². The first kappa shape index (κ1) is 22.8. The number of carbonyl (C=O) groups is 1. The number of anilines is 1. The Kier molecular flexibility index (Phi) is 8.32. The van der Waals surface area contributed by atoms with Gasteiger partial charge < -0.3 is 14.2 Å². The molecule has 0 atom stereocenters. The fourth-order valence-electron chi connectivity index (χ4n) is 3.14. The first-order valence-electron chi connectivity index (χ1n) is 9.74. The Morgan fingerprint density at radius 1 is 1.30 bits per heavy atom. The van der Waals surface area contributed by atoms with Crippen molar-refractivity contribution >= 4 is 17.8 Å². The molecule has 158 valence electrons. The SMILES string of the molecule is CCN(CC)c1ccc(C=NNC(=O)Cn2c(C)cc(COC)c(C#N)c2=O)cc1. The van der Waals surface area contributed by atoms with Crippen molar-refractivity contribution in [3.05, 3.63) is 63.1 Å². The van der Waals surface area contributed by atoms with Crippen LogP contribution in [0.1, 0.15) is 36.2 Å². The molecule has 0 bridgehead atoms. The topological polar surface area (TPSA) is 99.7 Å². The zero-order chi connectivity index (χ0) is 22.1. The van der Waals surface area contributed by atoms with Gasteiger partial charge in [-0.25, -0.2) is 5.43 Å². The van der Waals surface area contributed by atoms with Crippen LogP contribution in [0.25, 0.3) is 0 Å². The number of ether oxygens (including phenoxy) is 1. The second kappa shape index (κ2) is 10.9. The normalized spacial score (nSPS) is 10.8. The first-order valence-corrected chi connectivity index (χ1v) is 9.74. The average Bonchev–Trinajstić information content (AvgIpc) is 2.73. The fraction of sp³-hybridized carbons (Fsp3) is 0.364. The van der Waals surface area contributed by atoms with E-state index in [0.29, 0.717) is 11.3 Å². The Bertz CT molecular complexity index is 999. The number of methoxy groups -OCH3 is 1. The zero-order valence-electron chi connectivity index (χ0n) is 17.8. The molecule has 0 saturated carbocycles. The summed E-state index contributed by atoms with van der Waals surface area (Å²) in [6.07, 6.45) is 1.54. The number of hydrazone groups is 1. The molecule has 1 N–H and O–H groups in total. The van der Waals surface area contributed by atoms with Crippen LogP contribution in [0.15, 0.2) is 40.2 Å². The van der Waals surface area contributed by atoms with E-state index in [1.807, 2.05) is 30.3 Å². The Balaban J connectivity index is 2.06. The van der Waals surface area contributed by atoms with Gasteiger partial charge in [0.05, 0.1) is 12.8 Å². The van der Waals surface area contributed by atoms with Crippen LogP contribution in [-0.4, -0.2) is 36.9 Å². The van der Waals surface area contributed by atoms with Crippen LogP contribution in [0.4, 0.5) is 5.69 Å². The summed E-state index contributed by atoms with van der Waals surface area (Å²) in [4.78, 5) is 27.0. The maximum atomic E-state index is 12.5. The quantitative estimate of drug-likeness (QED) is 0.505. The molecule has 2 rings (SSSR count). The number of nitrogens with zero attached hydrogens (tertiary/aromatic N) is 4. The van der Waals surface area contributed by atoms with Crippen LogP contribution >= 0.6 is 0 Å². The van der Waals surface area contributed by atoms with Gasteiger partial charge in [0.1, 0.15) is 18.2 Å². The largest absolute Gasteiger partial charge is 0.380 e. The summed E-state index contributed by atoms with van der Waals surface area (Å²) in [7, 11) is 1.49. The summed E-state index contributed by atoms with van der Waals surface area (Å²) in [6, 6.07) is 11.4. The Hall–Kier alpha value is -3.44. The molecule has 0 aliphatic rings. The van der Waals surface area contributed by atoms with E-state index in [1.165, 1.54) is 11.7 Å². The number of nitriles is 1. The molecule has 30 heavy (non-hydrogen) atoms. The van der Waals surface area contributed by atoms with E-state index >= 15 is 0 Å². The minimum Gasteiger partial charge on any atom is -0.380 e. The number of carbonyl (C=O) groups excluding carboxylic acids is 1. The molecular weight excluding hydrogens is 382 g/mol. The number of aromatic nitrogens is 1. The molecular formula is C22H27N5O3. The minimum absolute atomic E-state index is 0.0213. The third kappa shape index (κ3) is 5.55. The van der Waals surface area contributed by atoms with Gasteiger partial charge in [-0.05, 0) is 44.5 Å². The molecule has 0 radical (unpaired) electrons. The number of nitrogens with one attached hydrogen (secondary N) is 1. The van der Waals surface area contributed by atoms with Crippen molar-refractivity contribution in [2.24, 2.45) is 5.10 Å². The van der Waals surface area contributed by atoms with Gasteiger partial charge in [0.2, 0.25) is 0 Å². The number of amides is 1. The first-order chi connectivity index (χ1) is 14.4. The van der Waals surface area contributed by atoms with E-state index in [9.17, 15) is 14.9 Å². The van der Waals surface area contributed by atoms with Gasteiger partial charge in [-0.15, -0.1) is 0 Å².